The molecule has 0 radical (unpaired) electrons. The lowest BCUT2D eigenvalue weighted by atomic mass is 10.2. The van der Waals surface area contributed by atoms with Crippen molar-refractivity contribution in [2.45, 2.75) is 17.8 Å². The van der Waals surface area contributed by atoms with Crippen molar-refractivity contribution in [3.63, 3.8) is 0 Å². The molecule has 0 saturated carbocycles. The first-order valence-electron chi connectivity index (χ1n) is 7.73. The summed E-state index contributed by atoms with van der Waals surface area (Å²) in [6.07, 6.45) is 5.03. The third-order valence-electron chi connectivity index (χ3n) is 3.82. The number of pyridine rings is 1. The Morgan fingerprint density at radius 1 is 1.16 bits per heavy atom. The first kappa shape index (κ1) is 17.2. The summed E-state index contributed by atoms with van der Waals surface area (Å²) in [6.45, 7) is 1.50. The highest BCUT2D eigenvalue weighted by Crippen LogP contribution is 2.25. The van der Waals surface area contributed by atoms with Crippen molar-refractivity contribution >= 4 is 22.8 Å². The van der Waals surface area contributed by atoms with Crippen molar-refractivity contribution in [1.29, 1.82) is 0 Å². The zero-order chi connectivity index (χ0) is 17.8. The number of hydrogen-bond donors (Lipinski definition) is 0. The van der Waals surface area contributed by atoms with Crippen LogP contribution in [0.25, 0.3) is 5.82 Å². The number of anilines is 1. The molecule has 25 heavy (non-hydrogen) atoms. The van der Waals surface area contributed by atoms with Gasteiger partial charge in [0, 0.05) is 43.1 Å². The molecule has 6 nitrogen and oxygen atoms in total. The summed E-state index contributed by atoms with van der Waals surface area (Å²) >= 11 is -1.38. The van der Waals surface area contributed by atoms with Crippen LogP contribution in [0.4, 0.5) is 5.69 Å². The van der Waals surface area contributed by atoms with Crippen molar-refractivity contribution in [3.05, 3.63) is 66.6 Å². The van der Waals surface area contributed by atoms with E-state index in [-0.39, 0.29) is 11.7 Å². The van der Waals surface area contributed by atoms with Gasteiger partial charge in [-0.2, -0.15) is 4.98 Å². The summed E-state index contributed by atoms with van der Waals surface area (Å²) in [6, 6.07) is 13.0. The number of carbonyl (C=O) groups excluding carboxylic acids is 1. The van der Waals surface area contributed by atoms with Crippen molar-refractivity contribution in [2.24, 2.45) is 0 Å². The lowest BCUT2D eigenvalue weighted by Crippen LogP contribution is -2.24. The minimum Gasteiger partial charge on any atom is -0.609 e. The molecule has 1 atom stereocenters. The second-order valence-corrected chi connectivity index (χ2v) is 6.81. The first-order valence-corrected chi connectivity index (χ1v) is 9.05. The molecule has 2 heterocycles. The maximum Gasteiger partial charge on any atom is 0.329 e. The fourth-order valence-corrected chi connectivity index (χ4v) is 3.67. The van der Waals surface area contributed by atoms with Crippen molar-refractivity contribution in [3.8, 4) is 5.82 Å². The predicted molar refractivity (Wildman–Crippen MR) is 97.0 cm³/mol. The Balaban J connectivity index is 1.89. The SMILES string of the molecule is CC(=O)N(C)c1ccccc1C[S+]([O-])c1nccn1-c1ccccn1. The monoisotopic (exact) mass is 354 g/mol. The molecule has 3 rings (SSSR count). The maximum atomic E-state index is 12.9. The Labute approximate surface area is 149 Å². The molecule has 2 aromatic heterocycles. The highest BCUT2D eigenvalue weighted by molar-refractivity contribution is 7.90. The predicted octanol–water partition coefficient (Wildman–Crippen LogP) is 2.56. The number of benzene rings is 1. The van der Waals surface area contributed by atoms with Crippen LogP contribution < -0.4 is 4.90 Å². The standard InChI is InChI=1S/C18H18N4O2S/c1-14(23)21(2)16-8-4-3-7-15(16)13-25(24)18-20-11-12-22(18)17-9-5-6-10-19-17/h3-12H,13H2,1-2H3. The van der Waals surface area contributed by atoms with Gasteiger partial charge in [0.2, 0.25) is 5.91 Å². The molecule has 0 N–H and O–H groups in total. The number of carbonyl (C=O) groups is 1. The van der Waals surface area contributed by atoms with Crippen LogP contribution in [0.2, 0.25) is 0 Å². The highest BCUT2D eigenvalue weighted by atomic mass is 32.2. The summed E-state index contributed by atoms with van der Waals surface area (Å²) < 4.78 is 14.6. The Bertz CT molecular complexity index is 866. The fourth-order valence-electron chi connectivity index (χ4n) is 2.46. The Morgan fingerprint density at radius 2 is 1.92 bits per heavy atom. The van der Waals surface area contributed by atoms with E-state index in [4.69, 9.17) is 0 Å². The van der Waals surface area contributed by atoms with Gasteiger partial charge < -0.3 is 9.45 Å². The van der Waals surface area contributed by atoms with Gasteiger partial charge in [-0.15, -0.1) is 0 Å². The average Bonchev–Trinajstić information content (AvgIpc) is 3.12. The maximum absolute atomic E-state index is 12.9. The number of imidazole rings is 1. The van der Waals surface area contributed by atoms with E-state index in [2.05, 4.69) is 9.97 Å². The zero-order valence-corrected chi connectivity index (χ0v) is 14.8. The lowest BCUT2D eigenvalue weighted by Gasteiger charge is -2.19. The Hall–Kier alpha value is -2.64. The van der Waals surface area contributed by atoms with E-state index in [1.807, 2.05) is 42.5 Å². The molecule has 0 fully saturated rings. The third-order valence-corrected chi connectivity index (χ3v) is 5.10. The molecule has 7 heteroatoms. The number of rotatable bonds is 5. The van der Waals surface area contributed by atoms with E-state index in [9.17, 15) is 9.35 Å². The fraction of sp³-hybridized carbons (Fsp3) is 0.167. The van der Waals surface area contributed by atoms with Crippen molar-refractivity contribution in [1.82, 2.24) is 14.5 Å². The summed E-state index contributed by atoms with van der Waals surface area (Å²) in [4.78, 5) is 21.7. The molecule has 0 saturated heterocycles. The third kappa shape index (κ3) is 3.72. The second-order valence-electron chi connectivity index (χ2n) is 5.46. The van der Waals surface area contributed by atoms with E-state index in [0.29, 0.717) is 11.0 Å². The quantitative estimate of drug-likeness (QED) is 0.660. The molecule has 0 aliphatic heterocycles. The van der Waals surface area contributed by atoms with Gasteiger partial charge in [0.25, 0.3) is 0 Å². The molecule has 0 spiro atoms. The zero-order valence-electron chi connectivity index (χ0n) is 14.0. The van der Waals surface area contributed by atoms with E-state index in [1.165, 1.54) is 6.92 Å². The first-order chi connectivity index (χ1) is 12.1. The molecule has 1 amide bonds. The van der Waals surface area contributed by atoms with Gasteiger partial charge in [-0.3, -0.25) is 4.79 Å². The Morgan fingerprint density at radius 3 is 2.64 bits per heavy atom. The normalized spacial score (nSPS) is 12.0. The summed E-state index contributed by atoms with van der Waals surface area (Å²) in [7, 11) is 1.71. The van der Waals surface area contributed by atoms with Gasteiger partial charge >= 0.3 is 5.16 Å². The van der Waals surface area contributed by atoms with Crippen molar-refractivity contribution in [2.75, 3.05) is 11.9 Å². The van der Waals surface area contributed by atoms with Crippen LogP contribution >= 0.6 is 0 Å². The molecular formula is C18H18N4O2S. The number of hydrogen-bond acceptors (Lipinski definition) is 4. The molecule has 128 valence electrons. The number of nitrogens with zero attached hydrogens (tertiary/aromatic N) is 4. The topological polar surface area (TPSA) is 74.1 Å². The minimum atomic E-state index is -1.38. The summed E-state index contributed by atoms with van der Waals surface area (Å²) in [5, 5.41) is 0.430. The second kappa shape index (κ2) is 7.50. The number of aromatic nitrogens is 3. The van der Waals surface area contributed by atoms with Crippen LogP contribution in [0.5, 0.6) is 0 Å². The molecular weight excluding hydrogens is 336 g/mol. The number of amides is 1. The van der Waals surface area contributed by atoms with Crippen LogP contribution in [0.15, 0.2) is 66.2 Å². The number of para-hydroxylation sites is 1. The van der Waals surface area contributed by atoms with Crippen LogP contribution in [0.3, 0.4) is 0 Å². The molecule has 0 bridgehead atoms. The van der Waals surface area contributed by atoms with Gasteiger partial charge in [0.05, 0.1) is 11.9 Å². The van der Waals surface area contributed by atoms with E-state index in [1.54, 1.807) is 35.1 Å². The van der Waals surface area contributed by atoms with Crippen LogP contribution in [0, 0.1) is 0 Å². The molecule has 0 aliphatic carbocycles. The van der Waals surface area contributed by atoms with Crippen LogP contribution in [-0.2, 0) is 21.7 Å². The van der Waals surface area contributed by atoms with Gasteiger partial charge in [-0.05, 0) is 18.2 Å². The molecule has 0 aliphatic rings. The van der Waals surface area contributed by atoms with Gasteiger partial charge in [0.1, 0.15) is 11.6 Å². The lowest BCUT2D eigenvalue weighted by molar-refractivity contribution is -0.116. The van der Waals surface area contributed by atoms with Gasteiger partial charge in [-0.1, -0.05) is 24.3 Å². The smallest absolute Gasteiger partial charge is 0.329 e. The van der Waals surface area contributed by atoms with Crippen LogP contribution in [-0.4, -0.2) is 32.0 Å². The van der Waals surface area contributed by atoms with E-state index in [0.717, 1.165) is 11.3 Å². The van der Waals surface area contributed by atoms with E-state index < -0.39 is 11.2 Å². The average molecular weight is 354 g/mol. The molecule has 3 aromatic rings. The van der Waals surface area contributed by atoms with Gasteiger partial charge in [0.15, 0.2) is 0 Å². The largest absolute Gasteiger partial charge is 0.609 e. The van der Waals surface area contributed by atoms with Crippen LogP contribution in [0.1, 0.15) is 12.5 Å². The minimum absolute atomic E-state index is 0.0757. The molecule has 1 aromatic carbocycles. The van der Waals surface area contributed by atoms with Gasteiger partial charge in [-0.25, -0.2) is 9.55 Å². The molecule has 1 unspecified atom stereocenters. The Kier molecular flexibility index (Phi) is 5.16. The van der Waals surface area contributed by atoms with E-state index >= 15 is 0 Å². The summed E-state index contributed by atoms with van der Waals surface area (Å²) in [5.41, 5.74) is 1.58. The highest BCUT2D eigenvalue weighted by Gasteiger charge is 2.22. The summed E-state index contributed by atoms with van der Waals surface area (Å²) in [5.74, 6) is 0.850. The van der Waals surface area contributed by atoms with Crippen molar-refractivity contribution < 1.29 is 9.35 Å².